The van der Waals surface area contributed by atoms with Crippen molar-refractivity contribution in [2.24, 2.45) is 5.92 Å². The van der Waals surface area contributed by atoms with Crippen molar-refractivity contribution in [1.29, 1.82) is 0 Å². The van der Waals surface area contributed by atoms with E-state index in [0.717, 1.165) is 0 Å². The molecule has 114 valence electrons. The molecule has 1 aromatic carbocycles. The molecule has 0 radical (unpaired) electrons. The van der Waals surface area contributed by atoms with Crippen LogP contribution in [0, 0.1) is 35.0 Å². The van der Waals surface area contributed by atoms with Crippen LogP contribution in [0.3, 0.4) is 0 Å². The Kier molecular flexibility index (Phi) is 4.29. The van der Waals surface area contributed by atoms with E-state index in [2.05, 4.69) is 4.74 Å². The summed E-state index contributed by atoms with van der Waals surface area (Å²) in [6, 6.07) is 0. The second-order valence-corrected chi connectivity index (χ2v) is 4.68. The van der Waals surface area contributed by atoms with Crippen LogP contribution in [0.25, 0.3) is 0 Å². The Labute approximate surface area is 117 Å². The highest BCUT2D eigenvalue weighted by atomic mass is 19.2. The number of methoxy groups -OCH3 is 1. The summed E-state index contributed by atoms with van der Waals surface area (Å²) in [5, 5.41) is 0. The van der Waals surface area contributed by atoms with Gasteiger partial charge in [0.1, 0.15) is 0 Å². The summed E-state index contributed by atoms with van der Waals surface area (Å²) < 4.78 is 71.1. The minimum Gasteiger partial charge on any atom is -0.469 e. The van der Waals surface area contributed by atoms with Gasteiger partial charge in [0.2, 0.25) is 5.82 Å². The van der Waals surface area contributed by atoms with Gasteiger partial charge in [0.15, 0.2) is 23.3 Å². The van der Waals surface area contributed by atoms with E-state index in [-0.39, 0.29) is 12.8 Å². The molecule has 0 aliphatic heterocycles. The Hall–Kier alpha value is -1.92. The lowest BCUT2D eigenvalue weighted by Crippen LogP contribution is -2.20. The number of ether oxygens (including phenoxy) is 1. The third-order valence-corrected chi connectivity index (χ3v) is 3.48. The normalized spacial score (nSPS) is 21.4. The van der Waals surface area contributed by atoms with Crippen LogP contribution in [0.2, 0.25) is 0 Å². The second-order valence-electron chi connectivity index (χ2n) is 4.68. The van der Waals surface area contributed by atoms with Gasteiger partial charge in [-0.1, -0.05) is 12.2 Å². The smallest absolute Gasteiger partial charge is 0.312 e. The highest BCUT2D eigenvalue weighted by Crippen LogP contribution is 2.36. The van der Waals surface area contributed by atoms with E-state index in [1.165, 1.54) is 19.3 Å². The first-order valence-corrected chi connectivity index (χ1v) is 6.16. The Balaban J connectivity index is 2.39. The first kappa shape index (κ1) is 15.5. The summed E-state index contributed by atoms with van der Waals surface area (Å²) >= 11 is 0. The van der Waals surface area contributed by atoms with Gasteiger partial charge < -0.3 is 4.74 Å². The minimum atomic E-state index is -2.18. The van der Waals surface area contributed by atoms with E-state index in [0.29, 0.717) is 0 Å². The van der Waals surface area contributed by atoms with Gasteiger partial charge in [-0.2, -0.15) is 0 Å². The third kappa shape index (κ3) is 2.64. The summed E-state index contributed by atoms with van der Waals surface area (Å²) in [6.45, 7) is 0. The van der Waals surface area contributed by atoms with Crippen molar-refractivity contribution in [3.63, 3.8) is 0 Å². The van der Waals surface area contributed by atoms with Crippen LogP contribution < -0.4 is 0 Å². The summed E-state index contributed by atoms with van der Waals surface area (Å²) in [6.07, 6.45) is 2.91. The summed E-state index contributed by atoms with van der Waals surface area (Å²) in [5.41, 5.74) is -0.869. The molecule has 0 unspecified atom stereocenters. The standard InChI is InChI=1S/C14H11F5O2/c1-21-14(20)7-4-2-6(3-5-7)8-9(15)11(17)13(19)12(18)10(8)16/h2,4,6-7H,3,5H2,1H3/t6-,7+/m0/s1. The molecule has 0 saturated heterocycles. The molecule has 7 heteroatoms. The molecule has 0 N–H and O–H groups in total. The molecule has 0 bridgehead atoms. The zero-order chi connectivity index (χ0) is 15.7. The fourth-order valence-electron chi connectivity index (χ4n) is 2.36. The fraction of sp³-hybridized carbons (Fsp3) is 0.357. The molecule has 0 fully saturated rings. The van der Waals surface area contributed by atoms with Crippen molar-refractivity contribution in [3.8, 4) is 0 Å². The predicted molar refractivity (Wildman–Crippen MR) is 62.9 cm³/mol. The molecule has 0 saturated carbocycles. The van der Waals surface area contributed by atoms with E-state index in [4.69, 9.17) is 0 Å². The predicted octanol–water partition coefficient (Wildman–Crippen LogP) is 3.60. The highest BCUT2D eigenvalue weighted by Gasteiger charge is 2.32. The lowest BCUT2D eigenvalue weighted by Gasteiger charge is -2.22. The topological polar surface area (TPSA) is 26.3 Å². The molecule has 0 amide bonds. The number of hydrogen-bond acceptors (Lipinski definition) is 2. The van der Waals surface area contributed by atoms with Crippen molar-refractivity contribution in [2.45, 2.75) is 18.8 Å². The van der Waals surface area contributed by atoms with Crippen LogP contribution in [-0.2, 0) is 9.53 Å². The minimum absolute atomic E-state index is 0.0780. The lowest BCUT2D eigenvalue weighted by molar-refractivity contribution is -0.144. The first-order chi connectivity index (χ1) is 9.88. The Morgan fingerprint density at radius 2 is 1.48 bits per heavy atom. The van der Waals surface area contributed by atoms with Crippen molar-refractivity contribution >= 4 is 5.97 Å². The van der Waals surface area contributed by atoms with E-state index < -0.39 is 52.5 Å². The summed E-state index contributed by atoms with van der Waals surface area (Å²) in [4.78, 5) is 11.3. The molecule has 0 heterocycles. The fourth-order valence-corrected chi connectivity index (χ4v) is 2.36. The van der Waals surface area contributed by atoms with E-state index in [1.54, 1.807) is 0 Å². The van der Waals surface area contributed by atoms with Crippen LogP contribution in [0.1, 0.15) is 24.3 Å². The largest absolute Gasteiger partial charge is 0.469 e. The number of halogens is 5. The number of benzene rings is 1. The van der Waals surface area contributed by atoms with Gasteiger partial charge >= 0.3 is 5.97 Å². The summed E-state index contributed by atoms with van der Waals surface area (Å²) in [7, 11) is 1.20. The quantitative estimate of drug-likeness (QED) is 0.274. The van der Waals surface area contributed by atoms with Gasteiger partial charge in [0.05, 0.1) is 13.0 Å². The molecule has 2 rings (SSSR count). The van der Waals surface area contributed by atoms with Gasteiger partial charge in [-0.05, 0) is 12.8 Å². The molecule has 1 aliphatic rings. The maximum atomic E-state index is 13.7. The zero-order valence-corrected chi connectivity index (χ0v) is 10.9. The molecule has 21 heavy (non-hydrogen) atoms. The van der Waals surface area contributed by atoms with Gasteiger partial charge in [-0.25, -0.2) is 22.0 Å². The number of rotatable bonds is 2. The van der Waals surface area contributed by atoms with Crippen LogP contribution in [0.5, 0.6) is 0 Å². The second kappa shape index (κ2) is 5.83. The average molecular weight is 306 g/mol. The van der Waals surface area contributed by atoms with E-state index >= 15 is 0 Å². The van der Waals surface area contributed by atoms with Crippen molar-refractivity contribution in [2.75, 3.05) is 7.11 Å². The van der Waals surface area contributed by atoms with Crippen molar-refractivity contribution in [1.82, 2.24) is 0 Å². The SMILES string of the molecule is COC(=O)[C@@H]1C=C[C@H](c2c(F)c(F)c(F)c(F)c2F)CC1. The molecular weight excluding hydrogens is 295 g/mol. The zero-order valence-electron chi connectivity index (χ0n) is 10.9. The maximum Gasteiger partial charge on any atom is 0.312 e. The first-order valence-electron chi connectivity index (χ1n) is 6.16. The van der Waals surface area contributed by atoms with Gasteiger partial charge in [-0.3, -0.25) is 4.79 Å². The molecule has 2 nitrogen and oxygen atoms in total. The van der Waals surface area contributed by atoms with Crippen LogP contribution in [-0.4, -0.2) is 13.1 Å². The molecule has 1 aromatic rings. The van der Waals surface area contributed by atoms with Crippen LogP contribution in [0.15, 0.2) is 12.2 Å². The number of carbonyl (C=O) groups excluding carboxylic acids is 1. The molecular formula is C14H11F5O2. The molecule has 2 atom stereocenters. The summed E-state index contributed by atoms with van der Waals surface area (Å²) in [5.74, 6) is -11.8. The monoisotopic (exact) mass is 306 g/mol. The van der Waals surface area contributed by atoms with E-state index in [9.17, 15) is 26.7 Å². The van der Waals surface area contributed by atoms with Gasteiger partial charge in [0.25, 0.3) is 0 Å². The third-order valence-electron chi connectivity index (χ3n) is 3.48. The average Bonchev–Trinajstić information content (AvgIpc) is 2.51. The number of hydrogen-bond donors (Lipinski definition) is 0. The Morgan fingerprint density at radius 3 is 1.90 bits per heavy atom. The van der Waals surface area contributed by atoms with Gasteiger partial charge in [-0.15, -0.1) is 0 Å². The van der Waals surface area contributed by atoms with Crippen molar-refractivity contribution in [3.05, 3.63) is 46.8 Å². The Bertz CT molecular complexity index is 583. The maximum absolute atomic E-state index is 13.7. The van der Waals surface area contributed by atoms with Crippen LogP contribution in [0.4, 0.5) is 22.0 Å². The van der Waals surface area contributed by atoms with Crippen molar-refractivity contribution < 1.29 is 31.5 Å². The molecule has 0 aromatic heterocycles. The van der Waals surface area contributed by atoms with Crippen LogP contribution >= 0.6 is 0 Å². The molecule has 1 aliphatic carbocycles. The number of carbonyl (C=O) groups is 1. The number of allylic oxidation sites excluding steroid dienone is 1. The lowest BCUT2D eigenvalue weighted by atomic mass is 9.84. The Morgan fingerprint density at radius 1 is 0.952 bits per heavy atom. The highest BCUT2D eigenvalue weighted by molar-refractivity contribution is 5.74. The number of esters is 1. The molecule has 0 spiro atoms. The van der Waals surface area contributed by atoms with E-state index in [1.807, 2.05) is 0 Å². The van der Waals surface area contributed by atoms with Gasteiger partial charge in [0, 0.05) is 11.5 Å².